The molecule has 1 heterocycles. The van der Waals surface area contributed by atoms with Crippen molar-refractivity contribution >= 4 is 17.7 Å². The monoisotopic (exact) mass is 352 g/mol. The number of halogens is 1. The minimum Gasteiger partial charge on any atom is -0.494 e. The summed E-state index contributed by atoms with van der Waals surface area (Å²) in [7, 11) is 1.41. The highest BCUT2D eigenvalue weighted by molar-refractivity contribution is 7.99. The average molecular weight is 352 g/mol. The fourth-order valence-electron chi connectivity index (χ4n) is 2.14. The van der Waals surface area contributed by atoms with Crippen LogP contribution in [0.4, 0.5) is 4.39 Å². The molecule has 1 N–H and O–H groups in total. The third-order valence-electron chi connectivity index (χ3n) is 3.48. The molecule has 0 saturated heterocycles. The van der Waals surface area contributed by atoms with Crippen LogP contribution in [0, 0.1) is 5.82 Å². The van der Waals surface area contributed by atoms with Gasteiger partial charge in [0.2, 0.25) is 5.91 Å². The van der Waals surface area contributed by atoms with Crippen LogP contribution in [0.2, 0.25) is 0 Å². The lowest BCUT2D eigenvalue weighted by Gasteiger charge is -2.15. The highest BCUT2D eigenvalue weighted by atomic mass is 32.2. The summed E-state index contributed by atoms with van der Waals surface area (Å²) in [5.74, 6) is -0.201. The maximum atomic E-state index is 13.7. The first-order chi connectivity index (χ1) is 11.4. The van der Waals surface area contributed by atoms with Crippen molar-refractivity contribution in [1.82, 2.24) is 20.1 Å². The van der Waals surface area contributed by atoms with Gasteiger partial charge in [0, 0.05) is 6.04 Å². The molecular formula is C16H21FN4O2S. The number of hydrogen-bond donors (Lipinski definition) is 1. The third kappa shape index (κ3) is 4.47. The molecule has 130 valence electrons. The summed E-state index contributed by atoms with van der Waals surface area (Å²) in [5, 5.41) is 11.4. The zero-order valence-corrected chi connectivity index (χ0v) is 14.9. The molecule has 0 unspecified atom stereocenters. The van der Waals surface area contributed by atoms with Gasteiger partial charge in [-0.3, -0.25) is 4.79 Å². The van der Waals surface area contributed by atoms with Crippen LogP contribution in [0.25, 0.3) is 0 Å². The van der Waals surface area contributed by atoms with Crippen LogP contribution in [-0.2, 0) is 4.79 Å². The van der Waals surface area contributed by atoms with Gasteiger partial charge in [-0.05, 0) is 38.5 Å². The van der Waals surface area contributed by atoms with Gasteiger partial charge in [0.15, 0.2) is 16.7 Å². The molecule has 1 aromatic carbocycles. The number of hydrogen-bond acceptors (Lipinski definition) is 5. The van der Waals surface area contributed by atoms with E-state index in [9.17, 15) is 9.18 Å². The van der Waals surface area contributed by atoms with Gasteiger partial charge in [0.1, 0.15) is 6.33 Å². The quantitative estimate of drug-likeness (QED) is 0.776. The minimum absolute atomic E-state index is 0.151. The zero-order valence-electron chi connectivity index (χ0n) is 14.1. The van der Waals surface area contributed by atoms with Crippen molar-refractivity contribution in [2.45, 2.75) is 38.0 Å². The maximum Gasteiger partial charge on any atom is 0.230 e. The van der Waals surface area contributed by atoms with Gasteiger partial charge in [0.05, 0.1) is 18.9 Å². The molecule has 24 heavy (non-hydrogen) atoms. The Morgan fingerprint density at radius 1 is 1.42 bits per heavy atom. The molecule has 8 heteroatoms. The molecule has 0 radical (unpaired) electrons. The Morgan fingerprint density at radius 2 is 2.17 bits per heavy atom. The van der Waals surface area contributed by atoms with Crippen LogP contribution < -0.4 is 10.1 Å². The Hall–Kier alpha value is -2.09. The molecule has 1 atom stereocenters. The topological polar surface area (TPSA) is 69.0 Å². The second-order valence-electron chi connectivity index (χ2n) is 5.59. The van der Waals surface area contributed by atoms with Crippen molar-refractivity contribution in [1.29, 1.82) is 0 Å². The number of carbonyl (C=O) groups is 1. The molecule has 0 aliphatic carbocycles. The lowest BCUT2D eigenvalue weighted by molar-refractivity contribution is -0.119. The number of methoxy groups -OCH3 is 1. The minimum atomic E-state index is -0.449. The summed E-state index contributed by atoms with van der Waals surface area (Å²) in [6.45, 7) is 5.85. The molecule has 0 saturated carbocycles. The third-order valence-corrected chi connectivity index (χ3v) is 4.44. The fraction of sp³-hybridized carbons (Fsp3) is 0.438. The van der Waals surface area contributed by atoms with E-state index >= 15 is 0 Å². The van der Waals surface area contributed by atoms with Crippen molar-refractivity contribution in [3.63, 3.8) is 0 Å². The number of nitrogens with one attached hydrogen (secondary N) is 1. The van der Waals surface area contributed by atoms with Crippen molar-refractivity contribution in [2.24, 2.45) is 0 Å². The highest BCUT2D eigenvalue weighted by Gasteiger charge is 2.14. The molecule has 6 nitrogen and oxygen atoms in total. The number of aromatic nitrogens is 3. The molecule has 1 amide bonds. The average Bonchev–Trinajstić information content (AvgIpc) is 3.01. The number of benzene rings is 1. The van der Waals surface area contributed by atoms with Gasteiger partial charge in [-0.25, -0.2) is 4.39 Å². The van der Waals surface area contributed by atoms with Gasteiger partial charge in [-0.15, -0.1) is 10.2 Å². The maximum absolute atomic E-state index is 13.7. The Balaban J connectivity index is 1.92. The normalized spacial score (nSPS) is 12.2. The Morgan fingerprint density at radius 3 is 2.79 bits per heavy atom. The molecule has 0 bridgehead atoms. The Bertz CT molecular complexity index is 705. The molecular weight excluding hydrogens is 331 g/mol. The second-order valence-corrected chi connectivity index (χ2v) is 6.53. The van der Waals surface area contributed by atoms with E-state index in [0.717, 1.165) is 0 Å². The second kappa shape index (κ2) is 8.14. The molecule has 2 aromatic rings. The molecule has 0 aliphatic rings. The summed E-state index contributed by atoms with van der Waals surface area (Å²) in [6, 6.07) is 4.57. The van der Waals surface area contributed by atoms with Gasteiger partial charge in [0.25, 0.3) is 0 Å². The molecule has 2 rings (SSSR count). The first kappa shape index (κ1) is 18.3. The number of rotatable bonds is 7. The van der Waals surface area contributed by atoms with E-state index < -0.39 is 5.82 Å². The molecule has 0 spiro atoms. The molecule has 0 fully saturated rings. The standard InChI is InChI=1S/C16H21FN4O2S/c1-10(2)21-9-18-20-16(21)24-8-15(22)19-11(3)12-5-6-14(23-4)13(17)7-12/h5-7,9-11H,8H2,1-4H3,(H,19,22)/t11-/m1/s1. The lowest BCUT2D eigenvalue weighted by atomic mass is 10.1. The Labute approximate surface area is 144 Å². The lowest BCUT2D eigenvalue weighted by Crippen LogP contribution is -2.28. The number of carbonyl (C=O) groups excluding carboxylic acids is 1. The van der Waals surface area contributed by atoms with Crippen molar-refractivity contribution in [3.8, 4) is 5.75 Å². The summed E-state index contributed by atoms with van der Waals surface area (Å²) < 4.78 is 20.5. The Kier molecular flexibility index (Phi) is 6.19. The van der Waals surface area contributed by atoms with E-state index in [1.807, 2.05) is 18.4 Å². The van der Waals surface area contributed by atoms with Crippen LogP contribution in [0.5, 0.6) is 5.75 Å². The van der Waals surface area contributed by atoms with E-state index in [1.54, 1.807) is 25.4 Å². The summed E-state index contributed by atoms with van der Waals surface area (Å²) in [6.07, 6.45) is 1.65. The van der Waals surface area contributed by atoms with E-state index in [0.29, 0.717) is 10.7 Å². The van der Waals surface area contributed by atoms with E-state index in [2.05, 4.69) is 15.5 Å². The van der Waals surface area contributed by atoms with Gasteiger partial charge < -0.3 is 14.6 Å². The number of amides is 1. The van der Waals surface area contributed by atoms with Gasteiger partial charge in [-0.2, -0.15) is 0 Å². The van der Waals surface area contributed by atoms with Crippen LogP contribution in [0.15, 0.2) is 29.7 Å². The first-order valence-electron chi connectivity index (χ1n) is 7.57. The first-order valence-corrected chi connectivity index (χ1v) is 8.56. The van der Waals surface area contributed by atoms with E-state index in [4.69, 9.17) is 4.74 Å². The largest absolute Gasteiger partial charge is 0.494 e. The predicted molar refractivity (Wildman–Crippen MR) is 90.6 cm³/mol. The van der Waals surface area contributed by atoms with Crippen LogP contribution in [0.3, 0.4) is 0 Å². The van der Waals surface area contributed by atoms with Crippen molar-refractivity contribution in [2.75, 3.05) is 12.9 Å². The smallest absolute Gasteiger partial charge is 0.230 e. The number of thioether (sulfide) groups is 1. The van der Waals surface area contributed by atoms with Crippen LogP contribution >= 0.6 is 11.8 Å². The summed E-state index contributed by atoms with van der Waals surface area (Å²) in [5.41, 5.74) is 0.678. The summed E-state index contributed by atoms with van der Waals surface area (Å²) >= 11 is 1.32. The van der Waals surface area contributed by atoms with Crippen LogP contribution in [0.1, 0.15) is 38.4 Å². The van der Waals surface area contributed by atoms with E-state index in [1.165, 1.54) is 24.9 Å². The molecule has 1 aromatic heterocycles. The van der Waals surface area contributed by atoms with Gasteiger partial charge in [-0.1, -0.05) is 17.8 Å². The fourth-order valence-corrected chi connectivity index (χ4v) is 2.99. The summed E-state index contributed by atoms with van der Waals surface area (Å²) in [4.78, 5) is 12.1. The highest BCUT2D eigenvalue weighted by Crippen LogP contribution is 2.22. The van der Waals surface area contributed by atoms with E-state index in [-0.39, 0.29) is 29.5 Å². The zero-order chi connectivity index (χ0) is 17.7. The molecule has 0 aliphatic heterocycles. The number of ether oxygens (including phenoxy) is 1. The number of nitrogens with zero attached hydrogens (tertiary/aromatic N) is 3. The predicted octanol–water partition coefficient (Wildman–Crippen LogP) is 2.98. The van der Waals surface area contributed by atoms with Crippen molar-refractivity contribution < 1.29 is 13.9 Å². The van der Waals surface area contributed by atoms with Crippen LogP contribution in [-0.4, -0.2) is 33.5 Å². The van der Waals surface area contributed by atoms with Gasteiger partial charge >= 0.3 is 0 Å². The SMILES string of the molecule is COc1ccc([C@@H](C)NC(=O)CSc2nncn2C(C)C)cc1F. The van der Waals surface area contributed by atoms with Crippen molar-refractivity contribution in [3.05, 3.63) is 35.9 Å².